The van der Waals surface area contributed by atoms with E-state index >= 15 is 0 Å². The Kier molecular flexibility index (Phi) is 11.8. The lowest BCUT2D eigenvalue weighted by molar-refractivity contribution is -0.152. The Bertz CT molecular complexity index is 2070. The Hall–Kier alpha value is -4.54. The maximum Gasteiger partial charge on any atom is 0.408 e. The number of hydrogen-bond acceptors (Lipinski definition) is 10. The van der Waals surface area contributed by atoms with Crippen LogP contribution in [0.2, 0.25) is 0 Å². The summed E-state index contributed by atoms with van der Waals surface area (Å²) in [4.78, 5) is 62.5. The predicted octanol–water partition coefficient (Wildman–Crippen LogP) is 5.40. The molecule has 3 fully saturated rings. The average Bonchev–Trinajstić information content (AvgIpc) is 4.01. The molecule has 1 saturated heterocycles. The number of rotatable bonds is 10. The summed E-state index contributed by atoms with van der Waals surface area (Å²) >= 11 is 0. The van der Waals surface area contributed by atoms with Gasteiger partial charge in [-0.15, -0.1) is 0 Å². The van der Waals surface area contributed by atoms with Crippen molar-refractivity contribution in [2.24, 2.45) is 17.8 Å². The Balaban J connectivity index is 1.36. The van der Waals surface area contributed by atoms with Crippen molar-refractivity contribution in [3.05, 3.63) is 42.5 Å². The molecule has 0 spiro atoms. The van der Waals surface area contributed by atoms with E-state index in [0.717, 1.165) is 19.2 Å². The molecule has 0 radical (unpaired) electrons. The minimum atomic E-state index is -4.06. The van der Waals surface area contributed by atoms with Gasteiger partial charge in [0.25, 0.3) is 11.8 Å². The highest BCUT2D eigenvalue weighted by Crippen LogP contribution is 2.48. The molecule has 1 aromatic heterocycles. The van der Waals surface area contributed by atoms with Crippen molar-refractivity contribution < 1.29 is 50.6 Å². The number of amides is 4. The molecule has 14 nitrogen and oxygen atoms in total. The number of sulfonamides is 1. The molecule has 3 heterocycles. The molecule has 2 saturated carbocycles. The van der Waals surface area contributed by atoms with Gasteiger partial charge in [-0.05, 0) is 89.5 Å². The van der Waals surface area contributed by atoms with Crippen LogP contribution in [-0.4, -0.2) is 95.3 Å². The van der Waals surface area contributed by atoms with Crippen LogP contribution in [0, 0.1) is 17.8 Å². The molecule has 7 atom stereocenters. The molecule has 2 aliphatic carbocycles. The molecule has 2 aliphatic heterocycles. The topological polar surface area (TPSA) is 182 Å². The van der Waals surface area contributed by atoms with Crippen LogP contribution in [0.15, 0.2) is 42.5 Å². The van der Waals surface area contributed by atoms with Gasteiger partial charge < -0.3 is 29.7 Å². The van der Waals surface area contributed by atoms with Gasteiger partial charge in [0.1, 0.15) is 23.7 Å². The fourth-order valence-electron chi connectivity index (χ4n) is 7.69. The van der Waals surface area contributed by atoms with Gasteiger partial charge in [0.05, 0.1) is 17.9 Å². The maximum atomic E-state index is 14.9. The van der Waals surface area contributed by atoms with Crippen LogP contribution in [0.4, 0.5) is 13.6 Å². The summed E-state index contributed by atoms with van der Waals surface area (Å²) in [6.07, 6.45) is 4.19. The number of ether oxygens (including phenoxy) is 3. The number of carbonyl (C=O) groups is 4. The molecule has 3 N–H and O–H groups in total. The van der Waals surface area contributed by atoms with Crippen LogP contribution in [-0.2, 0) is 29.1 Å². The predicted molar refractivity (Wildman–Crippen MR) is 211 cm³/mol. The van der Waals surface area contributed by atoms with Crippen LogP contribution < -0.4 is 24.8 Å². The second-order valence-electron chi connectivity index (χ2n) is 17.3. The third-order valence-electron chi connectivity index (χ3n) is 12.2. The van der Waals surface area contributed by atoms with Crippen molar-refractivity contribution in [1.82, 2.24) is 25.2 Å². The van der Waals surface area contributed by atoms with E-state index in [4.69, 9.17) is 14.2 Å². The highest BCUT2D eigenvalue weighted by atomic mass is 32.2. The average molecular weight is 832 g/mol. The summed E-state index contributed by atoms with van der Waals surface area (Å²) < 4.78 is 73.7. The van der Waals surface area contributed by atoms with Crippen molar-refractivity contribution >= 4 is 44.6 Å². The zero-order chi connectivity index (χ0) is 42.4. The smallest absolute Gasteiger partial charge is 0.408 e. The first kappa shape index (κ1) is 43.0. The molecule has 4 aliphatic rings. The Morgan fingerprint density at radius 1 is 1.10 bits per heavy atom. The molecule has 17 heteroatoms. The van der Waals surface area contributed by atoms with E-state index in [1.165, 1.54) is 4.90 Å². The largest absolute Gasteiger partial charge is 0.478 e. The van der Waals surface area contributed by atoms with Crippen molar-refractivity contribution in [1.29, 1.82) is 0 Å². The molecule has 1 aromatic carbocycles. The van der Waals surface area contributed by atoms with E-state index in [0.29, 0.717) is 56.9 Å². The Labute approximate surface area is 338 Å². The number of benzene rings is 1. The van der Waals surface area contributed by atoms with E-state index in [1.54, 1.807) is 19.9 Å². The van der Waals surface area contributed by atoms with Crippen LogP contribution in [0.1, 0.15) is 93.4 Å². The van der Waals surface area contributed by atoms with Crippen molar-refractivity contribution in [2.45, 2.75) is 133 Å². The monoisotopic (exact) mass is 831 g/mol. The highest BCUT2D eigenvalue weighted by molar-refractivity contribution is 7.91. The highest BCUT2D eigenvalue weighted by Gasteiger charge is 2.63. The maximum absolute atomic E-state index is 14.9. The SMILES string of the molecule is CCOc1cc2ccccc2c(O[C@@H]2C[C@H]3C(=O)N[C@]4(C(=O)NS(=O)(=O)C5(C)CC5)C[C@H]4/C=C\CC[C@@H](C)C[C@@H](C)[C@H](NC(=O)OC(C)(C)C(C)(F)F)C(=O)N3C2)n1. The summed E-state index contributed by atoms with van der Waals surface area (Å²) in [5, 5.41) is 6.82. The molecule has 4 amide bonds. The fourth-order valence-corrected chi connectivity index (χ4v) is 9.00. The third-order valence-corrected chi connectivity index (χ3v) is 14.3. The van der Waals surface area contributed by atoms with Crippen LogP contribution in [0.5, 0.6) is 11.8 Å². The number of nitrogens with zero attached hydrogens (tertiary/aromatic N) is 2. The molecule has 0 bridgehead atoms. The first-order valence-corrected chi connectivity index (χ1v) is 21.5. The standard InChI is InChI=1S/C41H55F2N5O9S/c1-8-55-31-20-26-14-10-12-16-29(26)34(44-31)56-28-21-30-33(49)46-41(36(51)47-58(53,54)39(6)17-18-39)22-27(41)15-11-9-13-24(2)19-25(3)32(35(50)48(30)23-28)45-37(52)57-38(4,5)40(7,42)43/h10-12,14-16,20,24-25,27-28,30,32H,8-9,13,17-19,21-23H2,1-7H3,(H,45,52)(H,46,49)(H,47,51)/b15-11-/t24-,25-,27-,28-,30+,32+,41-/m1/s1. The van der Waals surface area contributed by atoms with Gasteiger partial charge in [-0.1, -0.05) is 44.2 Å². The number of pyridine rings is 1. The number of carbonyl (C=O) groups excluding carboxylic acids is 4. The number of fused-ring (bicyclic) bond motifs is 3. The molecule has 0 unspecified atom stereocenters. The van der Waals surface area contributed by atoms with Crippen molar-refractivity contribution in [3.63, 3.8) is 0 Å². The lowest BCUT2D eigenvalue weighted by Gasteiger charge is -2.35. The molecule has 318 valence electrons. The molecule has 2 aromatic rings. The van der Waals surface area contributed by atoms with Crippen LogP contribution in [0.25, 0.3) is 10.8 Å². The third kappa shape index (κ3) is 8.88. The lowest BCUT2D eigenvalue weighted by atomic mass is 9.88. The fraction of sp³-hybridized carbons (Fsp3) is 0.634. The van der Waals surface area contributed by atoms with Gasteiger partial charge >= 0.3 is 6.09 Å². The number of alkyl halides is 2. The van der Waals surface area contributed by atoms with Gasteiger partial charge in [0.15, 0.2) is 5.60 Å². The quantitative estimate of drug-likeness (QED) is 0.263. The zero-order valence-corrected chi connectivity index (χ0v) is 34.9. The van der Waals surface area contributed by atoms with Crippen LogP contribution in [0.3, 0.4) is 0 Å². The Morgan fingerprint density at radius 2 is 1.81 bits per heavy atom. The van der Waals surface area contributed by atoms with Gasteiger partial charge in [-0.3, -0.25) is 19.1 Å². The molecular formula is C41H55F2N5O9S. The van der Waals surface area contributed by atoms with Gasteiger partial charge in [-0.2, -0.15) is 4.98 Å². The van der Waals surface area contributed by atoms with E-state index in [9.17, 15) is 36.4 Å². The molecular weight excluding hydrogens is 777 g/mol. The van der Waals surface area contributed by atoms with Gasteiger partial charge in [0, 0.05) is 30.7 Å². The van der Waals surface area contributed by atoms with Crippen molar-refractivity contribution in [2.75, 3.05) is 13.2 Å². The number of aromatic nitrogens is 1. The summed E-state index contributed by atoms with van der Waals surface area (Å²) in [7, 11) is -4.06. The van der Waals surface area contributed by atoms with E-state index in [-0.39, 0.29) is 31.2 Å². The minimum Gasteiger partial charge on any atom is -0.478 e. The normalized spacial score (nSPS) is 29.4. The van der Waals surface area contributed by atoms with Crippen LogP contribution >= 0.6 is 0 Å². The zero-order valence-electron chi connectivity index (χ0n) is 34.1. The number of halogens is 2. The number of hydrogen-bond donors (Lipinski definition) is 3. The first-order valence-electron chi connectivity index (χ1n) is 20.0. The van der Waals surface area contributed by atoms with Gasteiger partial charge in [-0.25, -0.2) is 22.0 Å². The second-order valence-corrected chi connectivity index (χ2v) is 19.5. The van der Waals surface area contributed by atoms with E-state index in [1.807, 2.05) is 50.3 Å². The first-order chi connectivity index (χ1) is 27.1. The minimum absolute atomic E-state index is 0.0215. The molecule has 58 heavy (non-hydrogen) atoms. The number of allylic oxidation sites excluding steroid dienone is 1. The number of alkyl carbamates (subject to hydrolysis) is 1. The second kappa shape index (κ2) is 15.9. The summed E-state index contributed by atoms with van der Waals surface area (Å²) in [5.74, 6) is -6.23. The van der Waals surface area contributed by atoms with E-state index < -0.39 is 85.7 Å². The van der Waals surface area contributed by atoms with E-state index in [2.05, 4.69) is 20.3 Å². The summed E-state index contributed by atoms with van der Waals surface area (Å²) in [6.45, 7) is 10.1. The summed E-state index contributed by atoms with van der Waals surface area (Å²) in [6, 6.07) is 6.53. The lowest BCUT2D eigenvalue weighted by Crippen LogP contribution is -2.59. The van der Waals surface area contributed by atoms with Gasteiger partial charge in [0.2, 0.25) is 33.6 Å². The molecule has 6 rings (SSSR count). The van der Waals surface area contributed by atoms with Crippen molar-refractivity contribution in [3.8, 4) is 11.8 Å². The number of nitrogens with one attached hydrogen (secondary N) is 3. The Morgan fingerprint density at radius 3 is 2.48 bits per heavy atom. The summed E-state index contributed by atoms with van der Waals surface area (Å²) in [5.41, 5.74) is -3.83.